The number of carbonyl (C=O) groups is 2. The number of alkyl carbamates (subject to hydrolysis) is 1. The fourth-order valence-corrected chi connectivity index (χ4v) is 3.11. The number of benzene rings is 3. The van der Waals surface area contributed by atoms with Crippen LogP contribution < -0.4 is 5.32 Å². The summed E-state index contributed by atoms with van der Waals surface area (Å²) >= 11 is 0. The normalized spacial score (nSPS) is 13.0. The first kappa shape index (κ1) is 21.4. The van der Waals surface area contributed by atoms with Gasteiger partial charge in [0.1, 0.15) is 11.6 Å². The van der Waals surface area contributed by atoms with Gasteiger partial charge in [0.2, 0.25) is 5.78 Å². The summed E-state index contributed by atoms with van der Waals surface area (Å²) in [5.74, 6) is -5.28. The van der Waals surface area contributed by atoms with Gasteiger partial charge in [-0.1, -0.05) is 66.7 Å². The number of amides is 1. The smallest absolute Gasteiger partial charge is 0.408 e. The van der Waals surface area contributed by atoms with Crippen molar-refractivity contribution in [1.82, 2.24) is 5.32 Å². The summed E-state index contributed by atoms with van der Waals surface area (Å²) in [5.41, 5.74) is -0.906. The summed E-state index contributed by atoms with van der Waals surface area (Å²) < 4.78 is 36.0. The quantitative estimate of drug-likeness (QED) is 0.530. The standard InChI is InChI=1S/C24H23F2NO3/c1-23(2,3)30-22(29)27-20(17-10-5-4-6-11-17)24(25,26)21(28)19-14-13-16-9-7-8-12-18(16)15-19/h4-15,20H,1-3H3,(H,27,29). The van der Waals surface area contributed by atoms with E-state index in [-0.39, 0.29) is 11.1 Å². The molecule has 4 nitrogen and oxygen atoms in total. The molecule has 0 aliphatic rings. The summed E-state index contributed by atoms with van der Waals surface area (Å²) in [5, 5.41) is 3.70. The van der Waals surface area contributed by atoms with Crippen molar-refractivity contribution in [3.63, 3.8) is 0 Å². The van der Waals surface area contributed by atoms with E-state index in [2.05, 4.69) is 5.32 Å². The molecule has 0 radical (unpaired) electrons. The minimum absolute atomic E-state index is 0.0995. The highest BCUT2D eigenvalue weighted by Crippen LogP contribution is 2.35. The topological polar surface area (TPSA) is 55.4 Å². The van der Waals surface area contributed by atoms with E-state index in [1.165, 1.54) is 24.3 Å². The van der Waals surface area contributed by atoms with Gasteiger partial charge >= 0.3 is 12.0 Å². The average molecular weight is 411 g/mol. The zero-order chi connectivity index (χ0) is 21.9. The maximum atomic E-state index is 15.4. The summed E-state index contributed by atoms with van der Waals surface area (Å²) in [6, 6.07) is 17.4. The van der Waals surface area contributed by atoms with Crippen molar-refractivity contribution in [3.8, 4) is 0 Å². The molecule has 0 heterocycles. The Balaban J connectivity index is 1.97. The molecule has 3 aromatic rings. The molecule has 3 aromatic carbocycles. The Hall–Kier alpha value is -3.28. The summed E-state index contributed by atoms with van der Waals surface area (Å²) in [7, 11) is 0. The second-order valence-electron chi connectivity index (χ2n) is 8.00. The van der Waals surface area contributed by atoms with Crippen molar-refractivity contribution in [2.45, 2.75) is 38.3 Å². The molecule has 6 heteroatoms. The van der Waals surface area contributed by atoms with Gasteiger partial charge in [0.25, 0.3) is 0 Å². The molecule has 0 aromatic heterocycles. The highest BCUT2D eigenvalue weighted by atomic mass is 19.3. The van der Waals surface area contributed by atoms with E-state index in [1.54, 1.807) is 57.2 Å². The highest BCUT2D eigenvalue weighted by Gasteiger charge is 2.49. The van der Waals surface area contributed by atoms with Crippen LogP contribution in [0.4, 0.5) is 13.6 Å². The Labute approximate surface area is 173 Å². The predicted molar refractivity (Wildman–Crippen MR) is 112 cm³/mol. The van der Waals surface area contributed by atoms with E-state index in [0.29, 0.717) is 5.39 Å². The SMILES string of the molecule is CC(C)(C)OC(=O)NC(c1ccccc1)C(F)(F)C(=O)c1ccc2ccccc2c1. The molecule has 0 saturated heterocycles. The van der Waals surface area contributed by atoms with Gasteiger partial charge in [-0.25, -0.2) is 4.79 Å². The van der Waals surface area contributed by atoms with Crippen LogP contribution in [0.2, 0.25) is 0 Å². The minimum atomic E-state index is -3.90. The van der Waals surface area contributed by atoms with E-state index in [9.17, 15) is 9.59 Å². The molecular formula is C24H23F2NO3. The van der Waals surface area contributed by atoms with Gasteiger partial charge in [-0.15, -0.1) is 0 Å². The molecule has 1 amide bonds. The van der Waals surface area contributed by atoms with E-state index < -0.39 is 29.4 Å². The Kier molecular flexibility index (Phi) is 5.87. The van der Waals surface area contributed by atoms with Gasteiger partial charge in [-0.2, -0.15) is 8.78 Å². The maximum absolute atomic E-state index is 15.4. The molecular weight excluding hydrogens is 388 g/mol. The van der Waals surface area contributed by atoms with Crippen LogP contribution in [0.3, 0.4) is 0 Å². The second-order valence-corrected chi connectivity index (χ2v) is 8.00. The van der Waals surface area contributed by atoms with E-state index >= 15 is 8.78 Å². The van der Waals surface area contributed by atoms with Crippen LogP contribution in [0.15, 0.2) is 72.8 Å². The molecule has 1 unspecified atom stereocenters. The third kappa shape index (κ3) is 4.82. The Morgan fingerprint density at radius 3 is 2.10 bits per heavy atom. The molecule has 1 N–H and O–H groups in total. The molecule has 0 fully saturated rings. The van der Waals surface area contributed by atoms with Crippen LogP contribution >= 0.6 is 0 Å². The number of nitrogens with one attached hydrogen (secondary N) is 1. The number of ketones is 1. The molecule has 1 atom stereocenters. The number of hydrogen-bond donors (Lipinski definition) is 1. The number of halogens is 2. The Morgan fingerprint density at radius 1 is 0.867 bits per heavy atom. The average Bonchev–Trinajstić information content (AvgIpc) is 2.70. The molecule has 30 heavy (non-hydrogen) atoms. The zero-order valence-electron chi connectivity index (χ0n) is 17.0. The van der Waals surface area contributed by atoms with Crippen molar-refractivity contribution < 1.29 is 23.1 Å². The largest absolute Gasteiger partial charge is 0.444 e. The fraction of sp³-hybridized carbons (Fsp3) is 0.250. The lowest BCUT2D eigenvalue weighted by Gasteiger charge is -2.29. The molecule has 3 rings (SSSR count). The molecule has 156 valence electrons. The van der Waals surface area contributed by atoms with E-state index in [0.717, 1.165) is 5.39 Å². The molecule has 0 spiro atoms. The van der Waals surface area contributed by atoms with Crippen LogP contribution in [0, 0.1) is 0 Å². The van der Waals surface area contributed by atoms with Gasteiger partial charge in [-0.3, -0.25) is 4.79 Å². The Bertz CT molecular complexity index is 1060. The number of hydrogen-bond acceptors (Lipinski definition) is 3. The lowest BCUT2D eigenvalue weighted by atomic mass is 9.93. The van der Waals surface area contributed by atoms with Gasteiger partial charge in [-0.05, 0) is 43.2 Å². The molecule has 0 bridgehead atoms. The third-order valence-electron chi connectivity index (χ3n) is 4.47. The number of ether oxygens (including phenoxy) is 1. The third-order valence-corrected chi connectivity index (χ3v) is 4.47. The van der Waals surface area contributed by atoms with Crippen molar-refractivity contribution in [2.24, 2.45) is 0 Å². The minimum Gasteiger partial charge on any atom is -0.444 e. The first-order valence-corrected chi connectivity index (χ1v) is 9.54. The zero-order valence-corrected chi connectivity index (χ0v) is 17.0. The summed E-state index contributed by atoms with van der Waals surface area (Å²) in [6.45, 7) is 4.88. The van der Waals surface area contributed by atoms with Crippen LogP contribution in [0.5, 0.6) is 0 Å². The summed E-state index contributed by atoms with van der Waals surface area (Å²) in [4.78, 5) is 25.1. The van der Waals surface area contributed by atoms with Crippen LogP contribution in [0.25, 0.3) is 10.8 Å². The maximum Gasteiger partial charge on any atom is 0.408 e. The van der Waals surface area contributed by atoms with Gasteiger partial charge in [0, 0.05) is 5.56 Å². The fourth-order valence-electron chi connectivity index (χ4n) is 3.11. The van der Waals surface area contributed by atoms with Crippen LogP contribution in [0.1, 0.15) is 42.7 Å². The van der Waals surface area contributed by atoms with Crippen LogP contribution in [-0.2, 0) is 4.74 Å². The molecule has 0 aliphatic heterocycles. The summed E-state index contributed by atoms with van der Waals surface area (Å²) in [6.07, 6.45) is -1.03. The first-order valence-electron chi connectivity index (χ1n) is 9.54. The van der Waals surface area contributed by atoms with E-state index in [4.69, 9.17) is 4.74 Å². The van der Waals surface area contributed by atoms with Crippen molar-refractivity contribution >= 4 is 22.6 Å². The predicted octanol–water partition coefficient (Wildman–Crippen LogP) is 5.92. The molecule has 0 aliphatic carbocycles. The van der Waals surface area contributed by atoms with Crippen molar-refractivity contribution in [1.29, 1.82) is 0 Å². The number of Topliss-reactive ketones (excluding diaryl/α,β-unsaturated/α-hetero) is 1. The first-order chi connectivity index (χ1) is 14.1. The van der Waals surface area contributed by atoms with Gasteiger partial charge < -0.3 is 10.1 Å². The van der Waals surface area contributed by atoms with Gasteiger partial charge in [0.05, 0.1) is 0 Å². The number of fused-ring (bicyclic) bond motifs is 1. The second kappa shape index (κ2) is 8.22. The number of carbonyl (C=O) groups excluding carboxylic acids is 2. The lowest BCUT2D eigenvalue weighted by Crippen LogP contribution is -2.47. The Morgan fingerprint density at radius 2 is 1.47 bits per heavy atom. The molecule has 0 saturated carbocycles. The number of rotatable bonds is 5. The number of alkyl halides is 2. The van der Waals surface area contributed by atoms with Crippen molar-refractivity contribution in [3.05, 3.63) is 83.9 Å². The lowest BCUT2D eigenvalue weighted by molar-refractivity contribution is -0.0208. The van der Waals surface area contributed by atoms with E-state index in [1.807, 2.05) is 12.1 Å². The van der Waals surface area contributed by atoms with Crippen LogP contribution in [-0.4, -0.2) is 23.4 Å². The monoisotopic (exact) mass is 411 g/mol. The highest BCUT2D eigenvalue weighted by molar-refractivity contribution is 6.04. The van der Waals surface area contributed by atoms with Gasteiger partial charge in [0.15, 0.2) is 0 Å². The van der Waals surface area contributed by atoms with Crippen molar-refractivity contribution in [2.75, 3.05) is 0 Å².